The Labute approximate surface area is 117 Å². The third-order valence-electron chi connectivity index (χ3n) is 2.49. The zero-order valence-corrected chi connectivity index (χ0v) is 12.4. The van der Waals surface area contributed by atoms with Crippen molar-refractivity contribution in [2.45, 2.75) is 26.5 Å². The molecule has 2 aromatic heterocycles. The van der Waals surface area contributed by atoms with Crippen LogP contribution in [0.2, 0.25) is 0 Å². The van der Waals surface area contributed by atoms with Crippen LogP contribution in [0.4, 0.5) is 0 Å². The van der Waals surface area contributed by atoms with Crippen molar-refractivity contribution in [3.05, 3.63) is 33.8 Å². The Morgan fingerprint density at radius 3 is 2.94 bits per heavy atom. The smallest absolute Gasteiger partial charge is 0.0594 e. The fourth-order valence-corrected chi connectivity index (χ4v) is 3.27. The molecule has 0 aromatic carbocycles. The molecule has 0 aliphatic heterocycles. The van der Waals surface area contributed by atoms with Crippen LogP contribution in [0, 0.1) is 0 Å². The maximum atomic E-state index is 5.49. The van der Waals surface area contributed by atoms with Crippen LogP contribution >= 0.6 is 22.7 Å². The minimum atomic E-state index is 0.318. The molecule has 2 heterocycles. The summed E-state index contributed by atoms with van der Waals surface area (Å²) < 4.78 is 5.49. The van der Waals surface area contributed by atoms with E-state index in [9.17, 15) is 0 Å². The van der Waals surface area contributed by atoms with E-state index in [1.165, 1.54) is 15.3 Å². The van der Waals surface area contributed by atoms with Gasteiger partial charge in [0.15, 0.2) is 0 Å². The molecule has 0 atom stereocenters. The summed E-state index contributed by atoms with van der Waals surface area (Å²) in [6.45, 7) is 6.74. The highest BCUT2D eigenvalue weighted by molar-refractivity contribution is 7.14. The second kappa shape index (κ2) is 7.04. The van der Waals surface area contributed by atoms with Gasteiger partial charge in [-0.2, -0.15) is 0 Å². The van der Waals surface area contributed by atoms with Gasteiger partial charge < -0.3 is 10.1 Å². The Morgan fingerprint density at radius 2 is 2.22 bits per heavy atom. The van der Waals surface area contributed by atoms with Crippen LogP contribution in [0.5, 0.6) is 0 Å². The first-order chi connectivity index (χ1) is 8.75. The molecule has 0 aliphatic rings. The molecule has 18 heavy (non-hydrogen) atoms. The number of thiophene rings is 2. The van der Waals surface area contributed by atoms with E-state index in [2.05, 4.69) is 48.1 Å². The van der Waals surface area contributed by atoms with Crippen molar-refractivity contribution in [1.82, 2.24) is 5.32 Å². The van der Waals surface area contributed by atoms with Crippen molar-refractivity contribution in [1.29, 1.82) is 0 Å². The Morgan fingerprint density at radius 1 is 1.33 bits per heavy atom. The van der Waals surface area contributed by atoms with Crippen LogP contribution in [0.3, 0.4) is 0 Å². The first-order valence-corrected chi connectivity index (χ1v) is 7.95. The van der Waals surface area contributed by atoms with Gasteiger partial charge in [-0.05, 0) is 36.7 Å². The lowest BCUT2D eigenvalue weighted by atomic mass is 10.2. The topological polar surface area (TPSA) is 21.3 Å². The van der Waals surface area contributed by atoms with Crippen LogP contribution in [0.15, 0.2) is 29.0 Å². The largest absolute Gasteiger partial charge is 0.377 e. The van der Waals surface area contributed by atoms with Gasteiger partial charge in [-0.3, -0.25) is 0 Å². The molecular weight excluding hydrogens is 262 g/mol. The van der Waals surface area contributed by atoms with Gasteiger partial charge in [0, 0.05) is 28.4 Å². The highest BCUT2D eigenvalue weighted by atomic mass is 32.1. The van der Waals surface area contributed by atoms with Gasteiger partial charge in [0.25, 0.3) is 0 Å². The van der Waals surface area contributed by atoms with E-state index in [-0.39, 0.29) is 0 Å². The highest BCUT2D eigenvalue weighted by Gasteiger charge is 2.03. The molecule has 4 heteroatoms. The fourth-order valence-electron chi connectivity index (χ4n) is 1.62. The van der Waals surface area contributed by atoms with Gasteiger partial charge in [-0.1, -0.05) is 6.07 Å². The molecule has 0 spiro atoms. The minimum Gasteiger partial charge on any atom is -0.377 e. The number of hydrogen-bond acceptors (Lipinski definition) is 4. The number of rotatable bonds is 7. The molecule has 0 bridgehead atoms. The average molecular weight is 281 g/mol. The molecule has 0 fully saturated rings. The van der Waals surface area contributed by atoms with Crippen molar-refractivity contribution in [3.63, 3.8) is 0 Å². The molecule has 0 amide bonds. The van der Waals surface area contributed by atoms with E-state index in [1.54, 1.807) is 11.3 Å². The van der Waals surface area contributed by atoms with Crippen molar-refractivity contribution >= 4 is 22.7 Å². The lowest BCUT2D eigenvalue weighted by Crippen LogP contribution is -2.20. The second-order valence-electron chi connectivity index (χ2n) is 4.38. The predicted molar refractivity (Wildman–Crippen MR) is 80.4 cm³/mol. The van der Waals surface area contributed by atoms with Gasteiger partial charge in [0.2, 0.25) is 0 Å². The molecule has 0 unspecified atom stereocenters. The Balaban J connectivity index is 1.74. The van der Waals surface area contributed by atoms with E-state index in [0.717, 1.165) is 19.7 Å². The Bertz CT molecular complexity index is 448. The van der Waals surface area contributed by atoms with E-state index in [4.69, 9.17) is 4.74 Å². The van der Waals surface area contributed by atoms with Gasteiger partial charge in [-0.15, -0.1) is 22.7 Å². The van der Waals surface area contributed by atoms with Crippen molar-refractivity contribution in [3.8, 4) is 10.4 Å². The zero-order chi connectivity index (χ0) is 12.8. The van der Waals surface area contributed by atoms with E-state index >= 15 is 0 Å². The third kappa shape index (κ3) is 4.21. The molecule has 0 saturated carbocycles. The average Bonchev–Trinajstić information content (AvgIpc) is 2.98. The zero-order valence-electron chi connectivity index (χ0n) is 10.8. The number of nitrogens with one attached hydrogen (secondary N) is 1. The summed E-state index contributed by atoms with van der Waals surface area (Å²) >= 11 is 3.61. The van der Waals surface area contributed by atoms with Crippen molar-refractivity contribution < 1.29 is 4.74 Å². The summed E-state index contributed by atoms with van der Waals surface area (Å²) in [6.07, 6.45) is 0.318. The van der Waals surface area contributed by atoms with Crippen LogP contribution in [-0.2, 0) is 11.3 Å². The van der Waals surface area contributed by atoms with E-state index in [0.29, 0.717) is 6.10 Å². The summed E-state index contributed by atoms with van der Waals surface area (Å²) in [4.78, 5) is 2.73. The van der Waals surface area contributed by atoms with Crippen LogP contribution in [0.25, 0.3) is 10.4 Å². The highest BCUT2D eigenvalue weighted by Crippen LogP contribution is 2.29. The molecule has 0 saturated heterocycles. The Hall–Kier alpha value is -0.680. The summed E-state index contributed by atoms with van der Waals surface area (Å²) in [5.41, 5.74) is 1.34. The molecule has 1 N–H and O–H groups in total. The lowest BCUT2D eigenvalue weighted by molar-refractivity contribution is 0.0807. The summed E-state index contributed by atoms with van der Waals surface area (Å²) in [5, 5.41) is 7.75. The molecule has 2 rings (SSSR count). The third-order valence-corrected chi connectivity index (χ3v) is 4.34. The van der Waals surface area contributed by atoms with Gasteiger partial charge in [0.05, 0.1) is 12.7 Å². The molecule has 2 nitrogen and oxygen atoms in total. The fraction of sp³-hybridized carbons (Fsp3) is 0.429. The summed E-state index contributed by atoms with van der Waals surface area (Å²) in [5.74, 6) is 0. The molecule has 98 valence electrons. The van der Waals surface area contributed by atoms with E-state index in [1.807, 2.05) is 11.3 Å². The number of hydrogen-bond donors (Lipinski definition) is 1. The first kappa shape index (κ1) is 13.7. The lowest BCUT2D eigenvalue weighted by Gasteiger charge is -2.07. The van der Waals surface area contributed by atoms with Gasteiger partial charge >= 0.3 is 0 Å². The SMILES string of the molecule is CC(C)OCCNCc1cc(-c2cccs2)cs1. The molecule has 0 radical (unpaired) electrons. The van der Waals surface area contributed by atoms with Gasteiger partial charge in [0.1, 0.15) is 0 Å². The van der Waals surface area contributed by atoms with Gasteiger partial charge in [-0.25, -0.2) is 0 Å². The maximum Gasteiger partial charge on any atom is 0.0594 e. The van der Waals surface area contributed by atoms with Crippen molar-refractivity contribution in [2.24, 2.45) is 0 Å². The summed E-state index contributed by atoms with van der Waals surface area (Å²) in [7, 11) is 0. The number of ether oxygens (including phenoxy) is 1. The molecular formula is C14H19NOS2. The standard InChI is InChI=1S/C14H19NOS2/c1-11(2)16-6-5-15-9-13-8-12(10-18-13)14-4-3-7-17-14/h3-4,7-8,10-11,15H,5-6,9H2,1-2H3. The molecule has 0 aliphatic carbocycles. The molecule has 2 aromatic rings. The normalized spacial score (nSPS) is 11.3. The minimum absolute atomic E-state index is 0.318. The second-order valence-corrected chi connectivity index (χ2v) is 6.32. The summed E-state index contributed by atoms with van der Waals surface area (Å²) in [6, 6.07) is 6.53. The van der Waals surface area contributed by atoms with Crippen molar-refractivity contribution in [2.75, 3.05) is 13.2 Å². The maximum absolute atomic E-state index is 5.49. The first-order valence-electron chi connectivity index (χ1n) is 6.19. The van der Waals surface area contributed by atoms with Crippen LogP contribution in [-0.4, -0.2) is 19.3 Å². The quantitative estimate of drug-likeness (QED) is 0.775. The van der Waals surface area contributed by atoms with Crippen LogP contribution in [0.1, 0.15) is 18.7 Å². The predicted octanol–water partition coefficient (Wildman–Crippen LogP) is 3.99. The monoisotopic (exact) mass is 281 g/mol. The Kier molecular flexibility index (Phi) is 5.38. The van der Waals surface area contributed by atoms with Crippen LogP contribution < -0.4 is 5.32 Å². The van der Waals surface area contributed by atoms with E-state index < -0.39 is 0 Å².